The number of aromatic amines is 1. The van der Waals surface area contributed by atoms with Gasteiger partial charge in [0, 0.05) is 18.3 Å². The largest absolute Gasteiger partial charge is 0.261 e. The second kappa shape index (κ2) is 6.23. The first-order valence-corrected chi connectivity index (χ1v) is 6.41. The minimum Gasteiger partial charge on any atom is -0.261 e. The normalized spacial score (nSPS) is 14.3. The number of rotatable bonds is 6. The Bertz CT molecular complexity index is 440. The van der Waals surface area contributed by atoms with E-state index in [0.29, 0.717) is 11.8 Å². The molecule has 96 valence electrons. The molecule has 2 rings (SSSR count). The number of hydrogen-bond donors (Lipinski definition) is 1. The van der Waals surface area contributed by atoms with Crippen molar-refractivity contribution in [3.8, 4) is 0 Å². The second-order valence-corrected chi connectivity index (χ2v) is 4.70. The van der Waals surface area contributed by atoms with Gasteiger partial charge in [-0.25, -0.2) is 0 Å². The number of nitrogens with one attached hydrogen (secondary N) is 1. The van der Waals surface area contributed by atoms with Crippen molar-refractivity contribution < 1.29 is 0 Å². The summed E-state index contributed by atoms with van der Waals surface area (Å²) < 4.78 is 0. The second-order valence-electron chi connectivity index (χ2n) is 4.70. The van der Waals surface area contributed by atoms with Crippen molar-refractivity contribution in [2.24, 2.45) is 11.8 Å². The molecule has 0 aliphatic carbocycles. The van der Waals surface area contributed by atoms with E-state index < -0.39 is 0 Å². The van der Waals surface area contributed by atoms with Crippen molar-refractivity contribution in [3.63, 3.8) is 0 Å². The van der Waals surface area contributed by atoms with Crippen LogP contribution in [0.4, 0.5) is 0 Å². The van der Waals surface area contributed by atoms with Crippen molar-refractivity contribution in [3.05, 3.63) is 35.9 Å². The van der Waals surface area contributed by atoms with E-state index in [2.05, 4.69) is 45.5 Å². The van der Waals surface area contributed by atoms with Crippen molar-refractivity contribution in [1.82, 2.24) is 25.6 Å². The molecule has 2 heterocycles. The maximum atomic E-state index is 4.40. The van der Waals surface area contributed by atoms with Crippen molar-refractivity contribution in [1.29, 1.82) is 0 Å². The Labute approximate surface area is 107 Å². The third-order valence-electron chi connectivity index (χ3n) is 3.48. The van der Waals surface area contributed by atoms with E-state index in [1.165, 1.54) is 0 Å². The Kier molecular flexibility index (Phi) is 4.39. The average Bonchev–Trinajstić information content (AvgIpc) is 2.91. The van der Waals surface area contributed by atoms with Gasteiger partial charge < -0.3 is 0 Å². The summed E-state index contributed by atoms with van der Waals surface area (Å²) in [6.07, 6.45) is 4.80. The smallest absolute Gasteiger partial charge is 0.174 e. The van der Waals surface area contributed by atoms with Crippen LogP contribution < -0.4 is 0 Å². The molecule has 0 bridgehead atoms. The molecule has 1 N–H and O–H groups in total. The molecule has 18 heavy (non-hydrogen) atoms. The molecule has 2 aromatic rings. The van der Waals surface area contributed by atoms with Gasteiger partial charge in [-0.15, -0.1) is 10.2 Å². The monoisotopic (exact) mass is 245 g/mol. The van der Waals surface area contributed by atoms with Crippen LogP contribution in [0.2, 0.25) is 0 Å². The molecular weight excluding hydrogens is 226 g/mol. The van der Waals surface area contributed by atoms with Crippen LogP contribution >= 0.6 is 0 Å². The molecule has 5 nitrogen and oxygen atoms in total. The molecule has 5 heteroatoms. The maximum Gasteiger partial charge on any atom is 0.174 e. The highest BCUT2D eigenvalue weighted by molar-refractivity contribution is 5.05. The fourth-order valence-electron chi connectivity index (χ4n) is 2.10. The van der Waals surface area contributed by atoms with Crippen LogP contribution in [-0.4, -0.2) is 25.6 Å². The van der Waals surface area contributed by atoms with Gasteiger partial charge in [-0.1, -0.05) is 31.5 Å². The predicted octanol–water partition coefficient (Wildman–Crippen LogP) is 2.04. The van der Waals surface area contributed by atoms with Crippen molar-refractivity contribution >= 4 is 0 Å². The molecule has 0 amide bonds. The molecule has 0 aliphatic rings. The Morgan fingerprint density at radius 1 is 1.28 bits per heavy atom. The minimum atomic E-state index is 0.502. The van der Waals surface area contributed by atoms with Crippen molar-refractivity contribution in [2.45, 2.75) is 33.1 Å². The van der Waals surface area contributed by atoms with Gasteiger partial charge in [0.25, 0.3) is 0 Å². The zero-order valence-corrected chi connectivity index (χ0v) is 10.9. The van der Waals surface area contributed by atoms with E-state index in [4.69, 9.17) is 0 Å². The van der Waals surface area contributed by atoms with Gasteiger partial charge in [0.05, 0.1) is 0 Å². The average molecular weight is 245 g/mol. The summed E-state index contributed by atoms with van der Waals surface area (Å²) in [5.41, 5.74) is 1.13. The molecule has 0 fully saturated rings. The molecule has 2 atom stereocenters. The number of hydrogen-bond acceptors (Lipinski definition) is 4. The third-order valence-corrected chi connectivity index (χ3v) is 3.48. The fourth-order valence-corrected chi connectivity index (χ4v) is 2.10. The Morgan fingerprint density at radius 2 is 2.17 bits per heavy atom. The number of aromatic nitrogens is 5. The molecule has 0 saturated heterocycles. The first-order chi connectivity index (χ1) is 8.79. The van der Waals surface area contributed by atoms with E-state index >= 15 is 0 Å². The molecule has 0 radical (unpaired) electrons. The van der Waals surface area contributed by atoms with E-state index in [-0.39, 0.29) is 0 Å². The van der Waals surface area contributed by atoms with E-state index in [9.17, 15) is 0 Å². The topological polar surface area (TPSA) is 67.3 Å². The van der Waals surface area contributed by atoms with Crippen LogP contribution in [-0.2, 0) is 12.8 Å². The number of nitrogens with zero attached hydrogens (tertiary/aromatic N) is 4. The van der Waals surface area contributed by atoms with Crippen LogP contribution in [0.15, 0.2) is 24.4 Å². The van der Waals surface area contributed by atoms with Gasteiger partial charge in [0.15, 0.2) is 5.82 Å². The lowest BCUT2D eigenvalue weighted by molar-refractivity contribution is 0.336. The standard InChI is InChI=1S/C13H19N5/c1-3-10(2)11(9-13-15-17-18-16-13)8-12-6-4-5-7-14-12/h4-7,10-11H,3,8-9H2,1-2H3,(H,15,16,17,18). The van der Waals surface area contributed by atoms with E-state index in [0.717, 1.165) is 30.8 Å². The number of H-pyrrole nitrogens is 1. The highest BCUT2D eigenvalue weighted by Gasteiger charge is 2.19. The van der Waals surface area contributed by atoms with Crippen LogP contribution in [0.5, 0.6) is 0 Å². The summed E-state index contributed by atoms with van der Waals surface area (Å²) in [6.45, 7) is 4.49. The highest BCUT2D eigenvalue weighted by atomic mass is 15.5. The fraction of sp³-hybridized carbons (Fsp3) is 0.538. The van der Waals surface area contributed by atoms with Gasteiger partial charge in [0.2, 0.25) is 0 Å². The predicted molar refractivity (Wildman–Crippen MR) is 68.8 cm³/mol. The minimum absolute atomic E-state index is 0.502. The summed E-state index contributed by atoms with van der Waals surface area (Å²) in [5, 5.41) is 14.2. The SMILES string of the molecule is CCC(C)C(Cc1ccccn1)Cc1nn[nH]n1. The van der Waals surface area contributed by atoms with Crippen molar-refractivity contribution in [2.75, 3.05) is 0 Å². The zero-order valence-electron chi connectivity index (χ0n) is 10.9. The highest BCUT2D eigenvalue weighted by Crippen LogP contribution is 2.22. The van der Waals surface area contributed by atoms with E-state index in [1.54, 1.807) is 0 Å². The summed E-state index contributed by atoms with van der Waals surface area (Å²) in [7, 11) is 0. The Balaban J connectivity index is 2.06. The molecular formula is C13H19N5. The van der Waals surface area contributed by atoms with Crippen LogP contribution in [0.3, 0.4) is 0 Å². The lowest BCUT2D eigenvalue weighted by Gasteiger charge is -2.21. The summed E-state index contributed by atoms with van der Waals surface area (Å²) in [6, 6.07) is 6.05. The lowest BCUT2D eigenvalue weighted by Crippen LogP contribution is -2.18. The molecule has 0 spiro atoms. The van der Waals surface area contributed by atoms with Crippen LogP contribution in [0.25, 0.3) is 0 Å². The summed E-state index contributed by atoms with van der Waals surface area (Å²) in [4.78, 5) is 4.40. The Hall–Kier alpha value is -1.78. The maximum absolute atomic E-state index is 4.40. The first kappa shape index (κ1) is 12.7. The van der Waals surface area contributed by atoms with Crippen LogP contribution in [0.1, 0.15) is 31.8 Å². The Morgan fingerprint density at radius 3 is 2.78 bits per heavy atom. The van der Waals surface area contributed by atoms with Gasteiger partial charge in [-0.3, -0.25) is 4.98 Å². The molecule has 0 aliphatic heterocycles. The van der Waals surface area contributed by atoms with Gasteiger partial charge in [-0.2, -0.15) is 5.21 Å². The number of tetrazole rings is 1. The third kappa shape index (κ3) is 3.35. The number of pyridine rings is 1. The van der Waals surface area contributed by atoms with E-state index in [1.807, 2.05) is 18.3 Å². The lowest BCUT2D eigenvalue weighted by atomic mass is 9.85. The van der Waals surface area contributed by atoms with Gasteiger partial charge >= 0.3 is 0 Å². The summed E-state index contributed by atoms with van der Waals surface area (Å²) >= 11 is 0. The molecule has 2 aromatic heterocycles. The van der Waals surface area contributed by atoms with Crippen LogP contribution in [0, 0.1) is 11.8 Å². The first-order valence-electron chi connectivity index (χ1n) is 6.41. The molecule has 0 saturated carbocycles. The summed E-state index contributed by atoms with van der Waals surface area (Å²) in [5.74, 6) is 1.91. The molecule has 2 unspecified atom stereocenters. The molecule has 0 aromatic carbocycles. The van der Waals surface area contributed by atoms with Gasteiger partial charge in [-0.05, 0) is 30.4 Å². The quantitative estimate of drug-likeness (QED) is 0.845. The zero-order chi connectivity index (χ0) is 12.8. The van der Waals surface area contributed by atoms with Gasteiger partial charge in [0.1, 0.15) is 0 Å².